The first-order chi connectivity index (χ1) is 8.20. The zero-order chi connectivity index (χ0) is 12.1. The van der Waals surface area contributed by atoms with Crippen LogP contribution < -0.4 is 5.32 Å². The number of hydrogen-bond acceptors (Lipinski definition) is 3. The number of ether oxygens (including phenoxy) is 2. The van der Waals surface area contributed by atoms with E-state index in [4.69, 9.17) is 9.47 Å². The van der Waals surface area contributed by atoms with Gasteiger partial charge in [-0.05, 0) is 25.7 Å². The minimum atomic E-state index is 0.0935. The lowest BCUT2D eigenvalue weighted by Crippen LogP contribution is -2.44. The van der Waals surface area contributed by atoms with Gasteiger partial charge < -0.3 is 14.8 Å². The maximum atomic E-state index is 6.24. The molecule has 2 rings (SSSR count). The Bertz CT molecular complexity index is 218. The van der Waals surface area contributed by atoms with E-state index in [2.05, 4.69) is 19.2 Å². The average molecular weight is 241 g/mol. The fraction of sp³-hybridized carbons (Fsp3) is 1.00. The molecule has 2 aliphatic rings. The number of hydrogen-bond donors (Lipinski definition) is 1. The summed E-state index contributed by atoms with van der Waals surface area (Å²) < 4.78 is 11.9. The van der Waals surface area contributed by atoms with E-state index < -0.39 is 0 Å². The van der Waals surface area contributed by atoms with Crippen molar-refractivity contribution < 1.29 is 9.47 Å². The van der Waals surface area contributed by atoms with E-state index in [0.717, 1.165) is 19.8 Å². The van der Waals surface area contributed by atoms with Crippen LogP contribution in [-0.4, -0.2) is 37.5 Å². The van der Waals surface area contributed by atoms with Gasteiger partial charge in [-0.25, -0.2) is 0 Å². The van der Waals surface area contributed by atoms with Crippen molar-refractivity contribution in [3.8, 4) is 0 Å². The van der Waals surface area contributed by atoms with Gasteiger partial charge in [-0.1, -0.05) is 26.7 Å². The Morgan fingerprint density at radius 2 is 2.06 bits per heavy atom. The summed E-state index contributed by atoms with van der Waals surface area (Å²) in [7, 11) is 0. The van der Waals surface area contributed by atoms with Crippen LogP contribution in [0.2, 0.25) is 0 Å². The van der Waals surface area contributed by atoms with Crippen molar-refractivity contribution in [2.24, 2.45) is 0 Å². The number of nitrogens with one attached hydrogen (secondary N) is 1. The zero-order valence-corrected chi connectivity index (χ0v) is 11.3. The second kappa shape index (κ2) is 6.17. The minimum Gasteiger partial charge on any atom is -0.376 e. The number of rotatable bonds is 6. The monoisotopic (exact) mass is 241 g/mol. The summed E-state index contributed by atoms with van der Waals surface area (Å²) in [6, 6.07) is 0.541. The fourth-order valence-corrected chi connectivity index (χ4v) is 2.83. The van der Waals surface area contributed by atoms with Crippen molar-refractivity contribution in [2.75, 3.05) is 19.8 Å². The normalized spacial score (nSPS) is 28.1. The Morgan fingerprint density at radius 1 is 1.29 bits per heavy atom. The maximum absolute atomic E-state index is 6.24. The van der Waals surface area contributed by atoms with E-state index in [1.807, 2.05) is 0 Å². The van der Waals surface area contributed by atoms with Crippen LogP contribution in [0.5, 0.6) is 0 Å². The van der Waals surface area contributed by atoms with Crippen LogP contribution >= 0.6 is 0 Å². The molecule has 0 spiro atoms. The summed E-state index contributed by atoms with van der Waals surface area (Å²) in [4.78, 5) is 0. The average Bonchev–Trinajstić information content (AvgIpc) is 2.96. The molecule has 0 radical (unpaired) electrons. The Morgan fingerprint density at radius 3 is 2.65 bits per heavy atom. The molecule has 100 valence electrons. The van der Waals surface area contributed by atoms with E-state index in [1.54, 1.807) is 0 Å². The third-order valence-corrected chi connectivity index (χ3v) is 3.95. The van der Waals surface area contributed by atoms with E-state index >= 15 is 0 Å². The Kier molecular flexibility index (Phi) is 4.83. The van der Waals surface area contributed by atoms with Crippen LogP contribution in [0.25, 0.3) is 0 Å². The first kappa shape index (κ1) is 13.3. The molecule has 0 aromatic carbocycles. The second-order valence-corrected chi connectivity index (χ2v) is 5.87. The van der Waals surface area contributed by atoms with Gasteiger partial charge in [0.05, 0.1) is 18.3 Å². The highest BCUT2D eigenvalue weighted by Crippen LogP contribution is 2.33. The summed E-state index contributed by atoms with van der Waals surface area (Å²) in [6.07, 6.45) is 7.76. The Labute approximate surface area is 105 Å². The highest BCUT2D eigenvalue weighted by Gasteiger charge is 2.35. The predicted molar refractivity (Wildman–Crippen MR) is 69.3 cm³/mol. The quantitative estimate of drug-likeness (QED) is 0.775. The van der Waals surface area contributed by atoms with Crippen LogP contribution in [0.1, 0.15) is 52.4 Å². The zero-order valence-electron chi connectivity index (χ0n) is 11.3. The molecular formula is C14H27NO2. The van der Waals surface area contributed by atoms with E-state index in [9.17, 15) is 0 Å². The predicted octanol–water partition coefficient (Wildman–Crippen LogP) is 2.49. The van der Waals surface area contributed by atoms with E-state index in [-0.39, 0.29) is 5.60 Å². The summed E-state index contributed by atoms with van der Waals surface area (Å²) in [5.74, 6) is 0. The van der Waals surface area contributed by atoms with Crippen LogP contribution in [0, 0.1) is 0 Å². The van der Waals surface area contributed by atoms with E-state index in [0.29, 0.717) is 12.1 Å². The second-order valence-electron chi connectivity index (χ2n) is 5.87. The van der Waals surface area contributed by atoms with Crippen LogP contribution in [0.3, 0.4) is 0 Å². The first-order valence-electron chi connectivity index (χ1n) is 7.19. The van der Waals surface area contributed by atoms with Crippen LogP contribution in [0.4, 0.5) is 0 Å². The van der Waals surface area contributed by atoms with Gasteiger partial charge in [0.15, 0.2) is 0 Å². The molecule has 0 aromatic rings. The van der Waals surface area contributed by atoms with Crippen molar-refractivity contribution in [2.45, 2.75) is 70.1 Å². The summed E-state index contributed by atoms with van der Waals surface area (Å²) in [5.41, 5.74) is 0.0935. The summed E-state index contributed by atoms with van der Waals surface area (Å²) in [6.45, 7) is 7.11. The maximum Gasteiger partial charge on any atom is 0.0809 e. The molecule has 1 saturated heterocycles. The van der Waals surface area contributed by atoms with Crippen molar-refractivity contribution >= 4 is 0 Å². The van der Waals surface area contributed by atoms with Crippen LogP contribution in [-0.2, 0) is 9.47 Å². The van der Waals surface area contributed by atoms with Gasteiger partial charge in [0, 0.05) is 19.2 Å². The highest BCUT2D eigenvalue weighted by atomic mass is 16.5. The standard InChI is InChI=1S/C14H27NO2/c1-12(2)15-11-14(7-3-4-8-14)17-10-13-6-5-9-16-13/h12-13,15H,3-11H2,1-2H3. The molecule has 1 saturated carbocycles. The van der Waals surface area contributed by atoms with Gasteiger partial charge in [-0.3, -0.25) is 0 Å². The molecular weight excluding hydrogens is 214 g/mol. The van der Waals surface area contributed by atoms with Crippen LogP contribution in [0.15, 0.2) is 0 Å². The van der Waals surface area contributed by atoms with Crippen molar-refractivity contribution in [1.82, 2.24) is 5.32 Å². The van der Waals surface area contributed by atoms with Gasteiger partial charge in [-0.15, -0.1) is 0 Å². The van der Waals surface area contributed by atoms with Crippen molar-refractivity contribution in [1.29, 1.82) is 0 Å². The minimum absolute atomic E-state index is 0.0935. The van der Waals surface area contributed by atoms with Gasteiger partial charge in [0.2, 0.25) is 0 Å². The third kappa shape index (κ3) is 3.94. The largest absolute Gasteiger partial charge is 0.376 e. The molecule has 1 heterocycles. The van der Waals surface area contributed by atoms with Gasteiger partial charge >= 0.3 is 0 Å². The molecule has 0 bridgehead atoms. The molecule has 1 aliphatic carbocycles. The smallest absolute Gasteiger partial charge is 0.0809 e. The SMILES string of the molecule is CC(C)NCC1(OCC2CCCO2)CCCC1. The molecule has 1 aliphatic heterocycles. The van der Waals surface area contributed by atoms with Gasteiger partial charge in [0.1, 0.15) is 0 Å². The van der Waals surface area contributed by atoms with Crippen molar-refractivity contribution in [3.05, 3.63) is 0 Å². The molecule has 0 amide bonds. The molecule has 2 fully saturated rings. The Hall–Kier alpha value is -0.120. The molecule has 3 nitrogen and oxygen atoms in total. The first-order valence-corrected chi connectivity index (χ1v) is 7.19. The molecule has 3 heteroatoms. The van der Waals surface area contributed by atoms with Gasteiger partial charge in [0.25, 0.3) is 0 Å². The van der Waals surface area contributed by atoms with Gasteiger partial charge in [-0.2, -0.15) is 0 Å². The summed E-state index contributed by atoms with van der Waals surface area (Å²) in [5, 5.41) is 3.54. The fourth-order valence-electron chi connectivity index (χ4n) is 2.83. The van der Waals surface area contributed by atoms with Crippen molar-refractivity contribution in [3.63, 3.8) is 0 Å². The topological polar surface area (TPSA) is 30.5 Å². The molecule has 1 unspecified atom stereocenters. The lowest BCUT2D eigenvalue weighted by Gasteiger charge is -2.31. The van der Waals surface area contributed by atoms with E-state index in [1.165, 1.54) is 38.5 Å². The third-order valence-electron chi connectivity index (χ3n) is 3.95. The summed E-state index contributed by atoms with van der Waals surface area (Å²) >= 11 is 0. The molecule has 17 heavy (non-hydrogen) atoms. The molecule has 1 atom stereocenters. The lowest BCUT2D eigenvalue weighted by atomic mass is 10.0. The lowest BCUT2D eigenvalue weighted by molar-refractivity contribution is -0.0801. The molecule has 1 N–H and O–H groups in total. The molecule has 0 aromatic heterocycles. The Balaban J connectivity index is 1.78. The highest BCUT2D eigenvalue weighted by molar-refractivity contribution is 4.89.